The van der Waals surface area contributed by atoms with Crippen molar-refractivity contribution in [2.75, 3.05) is 11.1 Å². The zero-order valence-corrected chi connectivity index (χ0v) is 12.8. The van der Waals surface area contributed by atoms with E-state index in [1.165, 1.54) is 11.3 Å². The highest BCUT2D eigenvalue weighted by atomic mass is 32.1. The van der Waals surface area contributed by atoms with Crippen LogP contribution in [0.25, 0.3) is 11.3 Å². The Morgan fingerprint density at radius 2 is 1.83 bits per heavy atom. The topological polar surface area (TPSA) is 68.0 Å². The number of halogens is 3. The zero-order chi connectivity index (χ0) is 17.3. The maximum atomic E-state index is 13.7. The first-order valence-corrected chi connectivity index (χ1v) is 7.60. The highest BCUT2D eigenvalue weighted by Crippen LogP contribution is 2.30. The summed E-state index contributed by atoms with van der Waals surface area (Å²) in [6.45, 7) is 0. The monoisotopic (exact) mass is 349 g/mol. The van der Waals surface area contributed by atoms with Gasteiger partial charge in [0.2, 0.25) is 0 Å². The van der Waals surface area contributed by atoms with Crippen molar-refractivity contribution in [2.45, 2.75) is 0 Å². The lowest BCUT2D eigenvalue weighted by molar-refractivity contribution is 0.102. The molecule has 1 aromatic heterocycles. The number of carbonyl (C=O) groups is 1. The largest absolute Gasteiger partial charge is 0.375 e. The van der Waals surface area contributed by atoms with Crippen LogP contribution in [0.4, 0.5) is 24.0 Å². The lowest BCUT2D eigenvalue weighted by Crippen LogP contribution is -2.15. The number of para-hydroxylation sites is 1. The van der Waals surface area contributed by atoms with Gasteiger partial charge in [-0.05, 0) is 18.2 Å². The first-order chi connectivity index (χ1) is 11.5. The number of nitrogens with zero attached hydrogens (tertiary/aromatic N) is 1. The maximum Gasteiger partial charge on any atom is 0.258 e. The second kappa shape index (κ2) is 6.32. The molecule has 0 fully saturated rings. The summed E-state index contributed by atoms with van der Waals surface area (Å²) >= 11 is 1.23. The van der Waals surface area contributed by atoms with Crippen LogP contribution in [0, 0.1) is 17.5 Å². The Labute approximate surface area is 138 Å². The van der Waals surface area contributed by atoms with Crippen LogP contribution in [-0.4, -0.2) is 10.9 Å². The smallest absolute Gasteiger partial charge is 0.258 e. The number of amides is 1. The third-order valence-electron chi connectivity index (χ3n) is 3.25. The summed E-state index contributed by atoms with van der Waals surface area (Å²) < 4.78 is 40.0. The second-order valence-corrected chi connectivity index (χ2v) is 5.68. The molecule has 8 heteroatoms. The summed E-state index contributed by atoms with van der Waals surface area (Å²) in [6, 6.07) is 8.26. The Balaban J connectivity index is 1.95. The highest BCUT2D eigenvalue weighted by Gasteiger charge is 2.20. The van der Waals surface area contributed by atoms with E-state index in [1.54, 1.807) is 29.6 Å². The number of nitrogens with one attached hydrogen (secondary N) is 1. The highest BCUT2D eigenvalue weighted by molar-refractivity contribution is 7.13. The van der Waals surface area contributed by atoms with Crippen LogP contribution < -0.4 is 11.1 Å². The van der Waals surface area contributed by atoms with Crippen LogP contribution in [0.15, 0.2) is 41.8 Å². The molecule has 24 heavy (non-hydrogen) atoms. The first kappa shape index (κ1) is 16.0. The van der Waals surface area contributed by atoms with Crippen molar-refractivity contribution in [1.82, 2.24) is 4.98 Å². The maximum absolute atomic E-state index is 13.7. The van der Waals surface area contributed by atoms with Crippen LogP contribution in [0.1, 0.15) is 10.4 Å². The van der Waals surface area contributed by atoms with Crippen molar-refractivity contribution in [3.05, 3.63) is 64.8 Å². The third-order valence-corrected chi connectivity index (χ3v) is 3.93. The molecular formula is C16H10F3N3OS. The number of nitrogens with two attached hydrogens (primary N) is 1. The van der Waals surface area contributed by atoms with E-state index in [9.17, 15) is 18.0 Å². The van der Waals surface area contributed by atoms with E-state index in [0.717, 1.165) is 6.07 Å². The quantitative estimate of drug-likeness (QED) is 0.701. The molecule has 4 nitrogen and oxygen atoms in total. The Bertz CT molecular complexity index is 927. The van der Waals surface area contributed by atoms with Gasteiger partial charge < -0.3 is 11.1 Å². The lowest BCUT2D eigenvalue weighted by Gasteiger charge is -2.10. The molecule has 3 rings (SSSR count). The summed E-state index contributed by atoms with van der Waals surface area (Å²) in [4.78, 5) is 16.3. The molecule has 0 aliphatic carbocycles. The van der Waals surface area contributed by atoms with Crippen LogP contribution in [0.3, 0.4) is 0 Å². The number of anilines is 2. The van der Waals surface area contributed by atoms with E-state index in [-0.39, 0.29) is 0 Å². The molecule has 0 saturated heterocycles. The molecule has 1 heterocycles. The van der Waals surface area contributed by atoms with Gasteiger partial charge in [-0.15, -0.1) is 11.3 Å². The molecule has 0 atom stereocenters. The normalized spacial score (nSPS) is 10.6. The van der Waals surface area contributed by atoms with Crippen LogP contribution >= 0.6 is 11.3 Å². The minimum absolute atomic E-state index is 0.344. The molecule has 0 saturated carbocycles. The Kier molecular flexibility index (Phi) is 4.22. The van der Waals surface area contributed by atoms with Crippen molar-refractivity contribution < 1.29 is 18.0 Å². The number of benzene rings is 2. The number of hydrogen-bond donors (Lipinski definition) is 2. The van der Waals surface area contributed by atoms with Gasteiger partial charge in [0, 0.05) is 10.9 Å². The van der Waals surface area contributed by atoms with Gasteiger partial charge in [0.05, 0.1) is 16.9 Å². The van der Waals surface area contributed by atoms with Crippen molar-refractivity contribution in [3.63, 3.8) is 0 Å². The minimum atomic E-state index is -1.69. The summed E-state index contributed by atoms with van der Waals surface area (Å²) in [5.41, 5.74) is 6.46. The third kappa shape index (κ3) is 2.95. The molecule has 0 spiro atoms. The summed E-state index contributed by atoms with van der Waals surface area (Å²) in [7, 11) is 0. The number of carbonyl (C=O) groups excluding carboxylic acids is 1. The standard InChI is InChI=1S/C16H10F3N3OS/c17-10-6-5-9(13(18)14(10)19)15(23)21-11-4-2-1-3-8(11)12-7-24-16(20)22-12/h1-7H,(H2,20,22)(H,21,23). The first-order valence-electron chi connectivity index (χ1n) is 6.72. The number of hydrogen-bond acceptors (Lipinski definition) is 4. The van der Waals surface area contributed by atoms with Crippen LogP contribution in [0.5, 0.6) is 0 Å². The SMILES string of the molecule is Nc1nc(-c2ccccc2NC(=O)c2ccc(F)c(F)c2F)cs1. The summed E-state index contributed by atoms with van der Waals surface area (Å²) in [6.07, 6.45) is 0. The Morgan fingerprint density at radius 1 is 1.08 bits per heavy atom. The van der Waals surface area contributed by atoms with Gasteiger partial charge in [0.15, 0.2) is 22.6 Å². The molecule has 0 unspecified atom stereocenters. The van der Waals surface area contributed by atoms with Crippen LogP contribution in [-0.2, 0) is 0 Å². The average Bonchev–Trinajstić information content (AvgIpc) is 2.99. The predicted octanol–water partition coefficient (Wildman–Crippen LogP) is 4.06. The van der Waals surface area contributed by atoms with Crippen molar-refractivity contribution in [3.8, 4) is 11.3 Å². The van der Waals surface area contributed by atoms with Gasteiger partial charge in [-0.25, -0.2) is 18.2 Å². The number of aromatic nitrogens is 1. The molecule has 2 aromatic carbocycles. The molecule has 1 amide bonds. The molecule has 0 aliphatic heterocycles. The van der Waals surface area contributed by atoms with Gasteiger partial charge in [-0.3, -0.25) is 4.79 Å². The van der Waals surface area contributed by atoms with Crippen molar-refractivity contribution in [1.29, 1.82) is 0 Å². The number of thiazole rings is 1. The lowest BCUT2D eigenvalue weighted by atomic mass is 10.1. The fourth-order valence-corrected chi connectivity index (χ4v) is 2.68. The molecule has 3 aromatic rings. The summed E-state index contributed by atoms with van der Waals surface area (Å²) in [5, 5.41) is 4.54. The van der Waals surface area contributed by atoms with Gasteiger partial charge in [0.25, 0.3) is 5.91 Å². The molecule has 0 aliphatic rings. The fourth-order valence-electron chi connectivity index (χ4n) is 2.12. The van der Waals surface area contributed by atoms with E-state index in [2.05, 4.69) is 10.3 Å². The summed E-state index contributed by atoms with van der Waals surface area (Å²) in [5.74, 6) is -5.49. The zero-order valence-electron chi connectivity index (χ0n) is 12.0. The molecule has 0 bridgehead atoms. The van der Waals surface area contributed by atoms with Crippen molar-refractivity contribution >= 4 is 28.1 Å². The van der Waals surface area contributed by atoms with E-state index in [4.69, 9.17) is 5.73 Å². The van der Waals surface area contributed by atoms with Gasteiger partial charge in [0.1, 0.15) is 0 Å². The van der Waals surface area contributed by atoms with E-state index in [1.807, 2.05) is 0 Å². The van der Waals surface area contributed by atoms with E-state index < -0.39 is 28.9 Å². The average molecular weight is 349 g/mol. The molecule has 122 valence electrons. The molecule has 3 N–H and O–H groups in total. The fraction of sp³-hybridized carbons (Fsp3) is 0. The molecular weight excluding hydrogens is 339 g/mol. The van der Waals surface area contributed by atoms with E-state index in [0.29, 0.717) is 28.1 Å². The Hall–Kier alpha value is -2.87. The Morgan fingerprint density at radius 3 is 2.54 bits per heavy atom. The minimum Gasteiger partial charge on any atom is -0.375 e. The second-order valence-electron chi connectivity index (χ2n) is 4.79. The van der Waals surface area contributed by atoms with Crippen LogP contribution in [0.2, 0.25) is 0 Å². The van der Waals surface area contributed by atoms with Gasteiger partial charge in [-0.2, -0.15) is 0 Å². The van der Waals surface area contributed by atoms with Crippen molar-refractivity contribution in [2.24, 2.45) is 0 Å². The van der Waals surface area contributed by atoms with E-state index >= 15 is 0 Å². The number of rotatable bonds is 3. The van der Waals surface area contributed by atoms with Gasteiger partial charge >= 0.3 is 0 Å². The molecule has 0 radical (unpaired) electrons. The number of nitrogen functional groups attached to an aromatic ring is 1. The predicted molar refractivity (Wildman–Crippen MR) is 86.2 cm³/mol. The van der Waals surface area contributed by atoms with Gasteiger partial charge in [-0.1, -0.05) is 18.2 Å².